The van der Waals surface area contributed by atoms with Crippen molar-refractivity contribution in [3.05, 3.63) is 46.8 Å². The zero-order valence-corrected chi connectivity index (χ0v) is 14.8. The van der Waals surface area contributed by atoms with E-state index in [0.29, 0.717) is 6.42 Å². The van der Waals surface area contributed by atoms with Crippen molar-refractivity contribution in [3.63, 3.8) is 0 Å². The van der Waals surface area contributed by atoms with Gasteiger partial charge in [-0.15, -0.1) is 0 Å². The van der Waals surface area contributed by atoms with E-state index in [0.717, 1.165) is 41.0 Å². The van der Waals surface area contributed by atoms with E-state index in [1.807, 2.05) is 52.0 Å². The maximum absolute atomic E-state index is 11.7. The Hall–Kier alpha value is -2.50. The predicted molar refractivity (Wildman–Crippen MR) is 96.0 cm³/mol. The van der Waals surface area contributed by atoms with E-state index in [1.54, 1.807) is 4.79 Å². The number of hydrogen-bond donors (Lipinski definition) is 2. The Balaban J connectivity index is 2.50. The molecule has 6 heteroatoms. The summed E-state index contributed by atoms with van der Waals surface area (Å²) in [5, 5.41) is 15.4. The second-order valence-corrected chi connectivity index (χ2v) is 6.11. The van der Waals surface area contributed by atoms with Crippen LogP contribution in [0.1, 0.15) is 50.2 Å². The Morgan fingerprint density at radius 1 is 1.25 bits per heavy atom. The molecule has 24 heavy (non-hydrogen) atoms. The number of nitrogens with zero attached hydrogens (tertiary/aromatic N) is 3. The van der Waals surface area contributed by atoms with Crippen LogP contribution < -0.4 is 10.7 Å². The summed E-state index contributed by atoms with van der Waals surface area (Å²) >= 11 is 0. The van der Waals surface area contributed by atoms with Gasteiger partial charge in [0.2, 0.25) is 0 Å². The molecule has 0 aliphatic rings. The van der Waals surface area contributed by atoms with Crippen molar-refractivity contribution < 1.29 is 9.90 Å². The lowest BCUT2D eigenvalue weighted by Gasteiger charge is -2.25. The number of nitrogens with two attached hydrogens (primary N) is 1. The minimum Gasteiger partial charge on any atom is -0.464 e. The lowest BCUT2D eigenvalue weighted by Crippen LogP contribution is -2.46. The van der Waals surface area contributed by atoms with Gasteiger partial charge in [-0.05, 0) is 44.4 Å². The van der Waals surface area contributed by atoms with Crippen LogP contribution in [-0.2, 0) is 19.3 Å². The van der Waals surface area contributed by atoms with E-state index < -0.39 is 6.09 Å². The minimum absolute atomic E-state index is 0.193. The molecule has 6 nitrogen and oxygen atoms in total. The van der Waals surface area contributed by atoms with E-state index in [2.05, 4.69) is 5.10 Å². The van der Waals surface area contributed by atoms with Crippen molar-refractivity contribution in [3.8, 4) is 0 Å². The quantitative estimate of drug-likeness (QED) is 0.797. The lowest BCUT2D eigenvalue weighted by molar-refractivity contribution is 0.189. The number of rotatable bonds is 6. The number of carbonyl (C=O) groups is 1. The molecule has 0 bridgehead atoms. The van der Waals surface area contributed by atoms with Crippen LogP contribution in [-0.4, -0.2) is 27.1 Å². The molecule has 0 spiro atoms. The molecule has 0 aliphatic carbocycles. The zero-order valence-electron chi connectivity index (χ0n) is 14.8. The number of aromatic nitrogens is 2. The second-order valence-electron chi connectivity index (χ2n) is 6.11. The highest BCUT2D eigenvalue weighted by Crippen LogP contribution is 2.22. The first kappa shape index (κ1) is 17.8. The maximum Gasteiger partial charge on any atom is 0.428 e. The van der Waals surface area contributed by atoms with Gasteiger partial charge in [0.05, 0.1) is 17.4 Å². The summed E-state index contributed by atoms with van der Waals surface area (Å²) < 4.78 is 0. The van der Waals surface area contributed by atoms with Gasteiger partial charge in [0, 0.05) is 17.7 Å². The fourth-order valence-corrected chi connectivity index (χ4v) is 2.90. The van der Waals surface area contributed by atoms with E-state index in [-0.39, 0.29) is 6.04 Å². The molecule has 0 atom stereocenters. The number of nitrogen functional groups attached to an aromatic ring is 1. The molecule has 0 unspecified atom stereocenters. The summed E-state index contributed by atoms with van der Waals surface area (Å²) in [7, 11) is 0. The fraction of sp³-hybridized carbons (Fsp3) is 0.444. The van der Waals surface area contributed by atoms with Crippen LogP contribution in [0.5, 0.6) is 0 Å². The van der Waals surface area contributed by atoms with Crippen molar-refractivity contribution >= 4 is 11.8 Å². The van der Waals surface area contributed by atoms with Gasteiger partial charge in [-0.25, -0.2) is 4.79 Å². The first-order valence-electron chi connectivity index (χ1n) is 8.35. The molecule has 0 radical (unpaired) electrons. The zero-order chi connectivity index (χ0) is 17.9. The average Bonchev–Trinajstić information content (AvgIpc) is 2.86. The number of anilines is 1. The lowest BCUT2D eigenvalue weighted by atomic mass is 10.0. The molecule has 0 saturated heterocycles. The van der Waals surface area contributed by atoms with Gasteiger partial charge in [-0.3, -0.25) is 0 Å². The molecule has 130 valence electrons. The second kappa shape index (κ2) is 7.38. The van der Waals surface area contributed by atoms with Crippen molar-refractivity contribution in [2.45, 2.75) is 53.0 Å². The van der Waals surface area contributed by atoms with Gasteiger partial charge in [0.25, 0.3) is 0 Å². The molecular weight excluding hydrogens is 304 g/mol. The van der Waals surface area contributed by atoms with Crippen LogP contribution in [0, 0.1) is 0 Å². The fourth-order valence-electron chi connectivity index (χ4n) is 2.90. The summed E-state index contributed by atoms with van der Waals surface area (Å²) in [6, 6.07) is 7.58. The summed E-state index contributed by atoms with van der Waals surface area (Å²) in [5.74, 6) is 0. The monoisotopic (exact) mass is 330 g/mol. The Morgan fingerprint density at radius 3 is 2.33 bits per heavy atom. The van der Waals surface area contributed by atoms with Crippen LogP contribution in [0.25, 0.3) is 0 Å². The maximum atomic E-state index is 11.7. The molecule has 2 rings (SSSR count). The van der Waals surface area contributed by atoms with Crippen molar-refractivity contribution in [1.82, 2.24) is 9.89 Å². The molecule has 1 amide bonds. The van der Waals surface area contributed by atoms with Crippen LogP contribution in [0.4, 0.5) is 10.5 Å². The van der Waals surface area contributed by atoms with Crippen LogP contribution in [0.3, 0.4) is 0 Å². The van der Waals surface area contributed by atoms with E-state index >= 15 is 0 Å². The SMILES string of the molecule is CCc1nn(N(C(=O)O)C(C)C)c(CC)c1Cc1ccc(N)cc1. The average molecular weight is 330 g/mol. The van der Waals surface area contributed by atoms with Crippen LogP contribution in [0.15, 0.2) is 24.3 Å². The van der Waals surface area contributed by atoms with E-state index in [9.17, 15) is 9.90 Å². The highest BCUT2D eigenvalue weighted by molar-refractivity contribution is 5.76. The molecule has 1 aromatic heterocycles. The third-order valence-electron chi connectivity index (χ3n) is 4.07. The third-order valence-corrected chi connectivity index (χ3v) is 4.07. The number of amides is 1. The minimum atomic E-state index is -0.996. The molecular formula is C18H26N4O2. The largest absolute Gasteiger partial charge is 0.464 e. The highest BCUT2D eigenvalue weighted by Gasteiger charge is 2.25. The van der Waals surface area contributed by atoms with Crippen molar-refractivity contribution in [2.75, 3.05) is 10.7 Å². The Bertz CT molecular complexity index is 705. The molecule has 2 aromatic rings. The van der Waals surface area contributed by atoms with Crippen LogP contribution in [0.2, 0.25) is 0 Å². The standard InChI is InChI=1S/C18H26N4O2/c1-5-16-15(11-13-7-9-14(19)10-8-13)17(6-2)22(20-16)21(12(3)4)18(23)24/h7-10,12H,5-6,11,19H2,1-4H3,(H,23,24). The number of benzene rings is 1. The number of aryl methyl sites for hydroxylation is 1. The van der Waals surface area contributed by atoms with Gasteiger partial charge in [0.1, 0.15) is 0 Å². The first-order valence-corrected chi connectivity index (χ1v) is 8.35. The molecule has 1 aromatic carbocycles. The molecule has 1 heterocycles. The Labute approximate surface area is 142 Å². The molecule has 0 aliphatic heterocycles. The number of hydrogen-bond acceptors (Lipinski definition) is 3. The smallest absolute Gasteiger partial charge is 0.428 e. The summed E-state index contributed by atoms with van der Waals surface area (Å²) in [4.78, 5) is 13.2. The van der Waals surface area contributed by atoms with Crippen LogP contribution >= 0.6 is 0 Å². The van der Waals surface area contributed by atoms with Crippen molar-refractivity contribution in [1.29, 1.82) is 0 Å². The number of carboxylic acid groups (broad SMARTS) is 1. The summed E-state index contributed by atoms with van der Waals surface area (Å²) in [5.41, 5.74) is 10.6. The normalized spacial score (nSPS) is 11.0. The third kappa shape index (κ3) is 3.53. The Kier molecular flexibility index (Phi) is 5.49. The van der Waals surface area contributed by atoms with Gasteiger partial charge in [-0.2, -0.15) is 14.9 Å². The predicted octanol–water partition coefficient (Wildman–Crippen LogP) is 3.21. The van der Waals surface area contributed by atoms with Gasteiger partial charge in [-0.1, -0.05) is 26.0 Å². The van der Waals surface area contributed by atoms with Gasteiger partial charge in [0.15, 0.2) is 0 Å². The molecule has 0 saturated carbocycles. The summed E-state index contributed by atoms with van der Waals surface area (Å²) in [6.07, 6.45) is 1.20. The topological polar surface area (TPSA) is 84.4 Å². The van der Waals surface area contributed by atoms with E-state index in [4.69, 9.17) is 5.73 Å². The molecule has 0 fully saturated rings. The van der Waals surface area contributed by atoms with E-state index in [1.165, 1.54) is 5.01 Å². The Morgan fingerprint density at radius 2 is 1.88 bits per heavy atom. The molecule has 3 N–H and O–H groups in total. The van der Waals surface area contributed by atoms with Gasteiger partial charge >= 0.3 is 6.09 Å². The summed E-state index contributed by atoms with van der Waals surface area (Å²) in [6.45, 7) is 7.76. The highest BCUT2D eigenvalue weighted by atomic mass is 16.4. The van der Waals surface area contributed by atoms with Gasteiger partial charge < -0.3 is 10.8 Å². The van der Waals surface area contributed by atoms with Crippen molar-refractivity contribution in [2.24, 2.45) is 0 Å². The first-order chi connectivity index (χ1) is 11.4.